The second kappa shape index (κ2) is 80.8. The second-order valence-electron chi connectivity index (χ2n) is 29.2. The molecule has 0 aromatic carbocycles. The van der Waals surface area contributed by atoms with Gasteiger partial charge >= 0.3 is 5.97 Å². The van der Waals surface area contributed by atoms with Crippen molar-refractivity contribution in [2.75, 3.05) is 13.2 Å². The maximum absolute atomic E-state index is 12.6. The van der Waals surface area contributed by atoms with E-state index in [0.29, 0.717) is 25.9 Å². The number of rotatable bonds is 80. The smallest absolute Gasteiger partial charge is 0.305 e. The van der Waals surface area contributed by atoms with Gasteiger partial charge in [0.05, 0.1) is 25.4 Å². The van der Waals surface area contributed by atoms with Gasteiger partial charge in [-0.3, -0.25) is 9.59 Å². The highest BCUT2D eigenvalue weighted by Gasteiger charge is 2.20. The number of ether oxygens (including phenoxy) is 1. The number of esters is 1. The van der Waals surface area contributed by atoms with E-state index in [1.807, 2.05) is 0 Å². The van der Waals surface area contributed by atoms with Crippen molar-refractivity contribution < 1.29 is 24.5 Å². The molecule has 0 aromatic heterocycles. The van der Waals surface area contributed by atoms with E-state index < -0.39 is 12.1 Å². The average molecular weight is 1280 g/mol. The molecule has 0 saturated heterocycles. The molecule has 0 saturated carbocycles. The number of unbranched alkanes of at least 4 members (excludes halogenated alkanes) is 65. The molecule has 540 valence electrons. The fourth-order valence-corrected chi connectivity index (χ4v) is 13.6. The van der Waals surface area contributed by atoms with Crippen molar-refractivity contribution in [2.45, 2.75) is 495 Å². The van der Waals surface area contributed by atoms with Gasteiger partial charge in [0.2, 0.25) is 5.91 Å². The van der Waals surface area contributed by atoms with Crippen LogP contribution in [0, 0.1) is 0 Å². The number of aliphatic hydroxyl groups excluding tert-OH is 2. The zero-order valence-corrected chi connectivity index (χ0v) is 62.1. The van der Waals surface area contributed by atoms with Crippen LogP contribution in [-0.2, 0) is 14.3 Å². The van der Waals surface area contributed by atoms with Gasteiger partial charge in [0, 0.05) is 12.8 Å². The summed E-state index contributed by atoms with van der Waals surface area (Å²) >= 11 is 0. The van der Waals surface area contributed by atoms with Crippen LogP contribution >= 0.6 is 0 Å². The van der Waals surface area contributed by atoms with Gasteiger partial charge in [-0.25, -0.2) is 0 Å². The number of amides is 1. The normalized spacial score (nSPS) is 12.5. The second-order valence-corrected chi connectivity index (χ2v) is 29.2. The van der Waals surface area contributed by atoms with Crippen LogP contribution in [0.25, 0.3) is 0 Å². The molecule has 6 nitrogen and oxygen atoms in total. The van der Waals surface area contributed by atoms with E-state index in [0.717, 1.165) is 51.4 Å². The molecule has 0 aromatic rings. The molecule has 0 rings (SSSR count). The highest BCUT2D eigenvalue weighted by Crippen LogP contribution is 2.21. The molecule has 0 bridgehead atoms. The molecule has 2 atom stereocenters. The van der Waals surface area contributed by atoms with Crippen molar-refractivity contribution in [2.24, 2.45) is 0 Å². The molecular weight excluding hydrogens is 1110 g/mol. The SMILES string of the molecule is CCCCC/C=C\C/C=C\CCCCCCCCCCCC(=O)OCCCCCCCCCCCCCCCCCCCCCCCCCCCCCCCCC(=O)NC(CO)C(O)CCCCCCCCCCCCCCCCCCCCCCCCCCC. The Bertz CT molecular complexity index is 1430. The molecule has 3 N–H and O–H groups in total. The Hall–Kier alpha value is -1.66. The molecule has 0 aliphatic carbocycles. The summed E-state index contributed by atoms with van der Waals surface area (Å²) in [7, 11) is 0. The van der Waals surface area contributed by atoms with Crippen LogP contribution in [0.15, 0.2) is 24.3 Å². The Balaban J connectivity index is 3.33. The maximum atomic E-state index is 12.6. The largest absolute Gasteiger partial charge is 0.466 e. The molecule has 0 radical (unpaired) electrons. The lowest BCUT2D eigenvalue weighted by atomic mass is 10.0. The topological polar surface area (TPSA) is 95.9 Å². The third-order valence-corrected chi connectivity index (χ3v) is 20.0. The van der Waals surface area contributed by atoms with Gasteiger partial charge < -0.3 is 20.3 Å². The summed E-state index contributed by atoms with van der Waals surface area (Å²) in [5.74, 6) is -0.00709. The summed E-state index contributed by atoms with van der Waals surface area (Å²) in [6.07, 6.45) is 104. The van der Waals surface area contributed by atoms with Gasteiger partial charge in [0.1, 0.15) is 0 Å². The highest BCUT2D eigenvalue weighted by molar-refractivity contribution is 5.76. The first-order valence-electron chi connectivity index (χ1n) is 42.1. The van der Waals surface area contributed by atoms with Crippen molar-refractivity contribution in [3.63, 3.8) is 0 Å². The van der Waals surface area contributed by atoms with Crippen molar-refractivity contribution >= 4 is 11.9 Å². The number of carbonyl (C=O) groups is 2. The summed E-state index contributed by atoms with van der Waals surface area (Å²) < 4.78 is 5.52. The minimum absolute atomic E-state index is 0.0176. The van der Waals surface area contributed by atoms with E-state index in [9.17, 15) is 19.8 Å². The van der Waals surface area contributed by atoms with Crippen LogP contribution in [0.4, 0.5) is 0 Å². The van der Waals surface area contributed by atoms with E-state index in [1.54, 1.807) is 0 Å². The Morgan fingerprint density at radius 3 is 0.857 bits per heavy atom. The molecule has 0 spiro atoms. The zero-order valence-electron chi connectivity index (χ0n) is 62.1. The van der Waals surface area contributed by atoms with Crippen molar-refractivity contribution in [3.05, 3.63) is 24.3 Å². The van der Waals surface area contributed by atoms with Crippen LogP contribution in [-0.4, -0.2) is 47.4 Å². The first kappa shape index (κ1) is 89.3. The number of aliphatic hydroxyl groups is 2. The molecule has 0 fully saturated rings. The maximum Gasteiger partial charge on any atom is 0.305 e. The number of hydrogen-bond acceptors (Lipinski definition) is 5. The number of nitrogens with one attached hydrogen (secondary N) is 1. The van der Waals surface area contributed by atoms with Crippen LogP contribution < -0.4 is 5.32 Å². The Morgan fingerprint density at radius 2 is 0.549 bits per heavy atom. The Morgan fingerprint density at radius 1 is 0.308 bits per heavy atom. The Kier molecular flexibility index (Phi) is 79.3. The average Bonchev–Trinajstić information content (AvgIpc) is 3.65. The summed E-state index contributed by atoms with van der Waals surface area (Å²) in [5, 5.41) is 23.5. The predicted molar refractivity (Wildman–Crippen MR) is 403 cm³/mol. The minimum Gasteiger partial charge on any atom is -0.466 e. The first-order chi connectivity index (χ1) is 45.0. The van der Waals surface area contributed by atoms with E-state index in [-0.39, 0.29) is 18.5 Å². The monoisotopic (exact) mass is 1280 g/mol. The fourth-order valence-electron chi connectivity index (χ4n) is 13.6. The summed E-state index contributed by atoms with van der Waals surface area (Å²) in [5.41, 5.74) is 0. The third-order valence-electron chi connectivity index (χ3n) is 20.0. The number of carbonyl (C=O) groups excluding carboxylic acids is 2. The van der Waals surface area contributed by atoms with Gasteiger partial charge in [-0.1, -0.05) is 436 Å². The van der Waals surface area contributed by atoms with E-state index >= 15 is 0 Å². The van der Waals surface area contributed by atoms with Crippen LogP contribution in [0.2, 0.25) is 0 Å². The molecule has 91 heavy (non-hydrogen) atoms. The highest BCUT2D eigenvalue weighted by atomic mass is 16.5. The predicted octanol–water partition coefficient (Wildman–Crippen LogP) is 28.0. The molecular formula is C85H165NO5. The number of allylic oxidation sites excluding steroid dienone is 4. The van der Waals surface area contributed by atoms with Gasteiger partial charge in [-0.15, -0.1) is 0 Å². The van der Waals surface area contributed by atoms with Crippen molar-refractivity contribution in [1.82, 2.24) is 5.32 Å². The summed E-state index contributed by atoms with van der Waals surface area (Å²) in [6.45, 7) is 4.99. The lowest BCUT2D eigenvalue weighted by Crippen LogP contribution is -2.45. The minimum atomic E-state index is -0.663. The molecule has 0 aliphatic heterocycles. The third kappa shape index (κ3) is 77.2. The fraction of sp³-hybridized carbons (Fsp3) is 0.929. The van der Waals surface area contributed by atoms with Crippen LogP contribution in [0.1, 0.15) is 483 Å². The lowest BCUT2D eigenvalue weighted by Gasteiger charge is -2.22. The van der Waals surface area contributed by atoms with Crippen molar-refractivity contribution in [1.29, 1.82) is 0 Å². The summed E-state index contributed by atoms with van der Waals surface area (Å²) in [6, 6.07) is -0.540. The molecule has 0 aliphatic rings. The van der Waals surface area contributed by atoms with Gasteiger partial charge in [0.25, 0.3) is 0 Å². The molecule has 0 heterocycles. The Labute approximate surface area is 571 Å². The molecule has 1 amide bonds. The van der Waals surface area contributed by atoms with E-state index in [4.69, 9.17) is 4.74 Å². The van der Waals surface area contributed by atoms with Crippen molar-refractivity contribution in [3.8, 4) is 0 Å². The lowest BCUT2D eigenvalue weighted by molar-refractivity contribution is -0.143. The van der Waals surface area contributed by atoms with Gasteiger partial charge in [-0.2, -0.15) is 0 Å². The first-order valence-corrected chi connectivity index (χ1v) is 42.1. The van der Waals surface area contributed by atoms with Gasteiger partial charge in [-0.05, 0) is 57.8 Å². The van der Waals surface area contributed by atoms with Gasteiger partial charge in [0.15, 0.2) is 0 Å². The quantitative estimate of drug-likeness (QED) is 0.0320. The molecule has 6 heteroatoms. The summed E-state index contributed by atoms with van der Waals surface area (Å²) in [4.78, 5) is 24.7. The van der Waals surface area contributed by atoms with E-state index in [1.165, 1.54) is 398 Å². The van der Waals surface area contributed by atoms with Crippen LogP contribution in [0.5, 0.6) is 0 Å². The number of hydrogen-bond donors (Lipinski definition) is 3. The molecule has 2 unspecified atom stereocenters. The van der Waals surface area contributed by atoms with E-state index in [2.05, 4.69) is 43.5 Å². The zero-order chi connectivity index (χ0) is 65.6. The van der Waals surface area contributed by atoms with Crippen LogP contribution in [0.3, 0.4) is 0 Å². The standard InChI is InChI=1S/C85H165NO5/c1-3-5-7-9-11-13-15-17-19-21-23-24-25-32-35-38-42-45-49-53-57-61-65-69-73-77-83(88)82(81-87)86-84(89)78-74-70-66-62-58-54-50-46-43-39-36-33-30-28-26-27-29-31-34-37-40-44-48-52-56-60-64-68-72-76-80-91-85(90)79-75-71-67-63-59-55-51-47-41-22-20-18-16-14-12-10-8-6-4-2/h12,14,18,20,82-83,87-88H,3-11,13,15-17,19,21-81H2,1-2H3,(H,86,89)/b14-12-,20-18-.